The molecule has 8 nitrogen and oxygen atoms in total. The van der Waals surface area contributed by atoms with E-state index in [0.29, 0.717) is 35.5 Å². The minimum atomic E-state index is -1.42. The maximum Gasteiger partial charge on any atom is 0.328 e. The number of aromatic nitrogens is 1. The number of piperidine rings is 1. The van der Waals surface area contributed by atoms with E-state index in [9.17, 15) is 23.2 Å². The summed E-state index contributed by atoms with van der Waals surface area (Å²) in [5.41, 5.74) is 0.0845. The van der Waals surface area contributed by atoms with Gasteiger partial charge in [0.2, 0.25) is 0 Å². The number of aliphatic carboxylic acids is 2. The van der Waals surface area contributed by atoms with E-state index in [-0.39, 0.29) is 43.4 Å². The lowest BCUT2D eigenvalue weighted by atomic mass is 9.92. The van der Waals surface area contributed by atoms with Crippen molar-refractivity contribution in [2.75, 3.05) is 19.6 Å². The highest BCUT2D eigenvalue weighted by Gasteiger charge is 2.36. The molecule has 1 saturated heterocycles. The molecule has 36 heavy (non-hydrogen) atoms. The van der Waals surface area contributed by atoms with Gasteiger partial charge in [-0.2, -0.15) is 0 Å². The van der Waals surface area contributed by atoms with Crippen molar-refractivity contribution in [3.63, 3.8) is 0 Å². The van der Waals surface area contributed by atoms with Crippen molar-refractivity contribution in [1.82, 2.24) is 15.2 Å². The first kappa shape index (κ1) is 28.8. The molecule has 0 radical (unpaired) electrons. The van der Waals surface area contributed by atoms with E-state index in [2.05, 4.69) is 10.3 Å². The number of carbonyl (C=O) groups is 3. The van der Waals surface area contributed by atoms with Crippen LogP contribution in [0, 0.1) is 5.82 Å². The van der Waals surface area contributed by atoms with E-state index in [1.54, 1.807) is 17.0 Å². The van der Waals surface area contributed by atoms with Crippen LogP contribution < -0.4 is 5.32 Å². The topological polar surface area (TPSA) is 120 Å². The maximum absolute atomic E-state index is 15.0. The minimum Gasteiger partial charge on any atom is -0.478 e. The number of nitrogens with one attached hydrogen (secondary N) is 1. The molecule has 1 amide bonds. The Kier molecular flexibility index (Phi) is 10.9. The van der Waals surface area contributed by atoms with Crippen molar-refractivity contribution in [3.05, 3.63) is 76.3 Å². The molecule has 3 N–H and O–H groups in total. The van der Waals surface area contributed by atoms with E-state index in [1.165, 1.54) is 18.3 Å². The zero-order valence-corrected chi connectivity index (χ0v) is 19.8. The number of rotatable bonds is 8. The number of nitrogens with zero attached hydrogens (tertiary/aromatic N) is 2. The summed E-state index contributed by atoms with van der Waals surface area (Å²) in [7, 11) is 0. The molecule has 0 bridgehead atoms. The van der Waals surface area contributed by atoms with Crippen molar-refractivity contribution in [3.8, 4) is 0 Å². The number of halogens is 4. The second kappa shape index (κ2) is 13.6. The van der Waals surface area contributed by atoms with Crippen LogP contribution in [0.2, 0.25) is 5.02 Å². The first-order valence-corrected chi connectivity index (χ1v) is 11.2. The fraction of sp³-hybridized carbons (Fsp3) is 0.333. The molecule has 2 aromatic rings. The van der Waals surface area contributed by atoms with Gasteiger partial charge in [0.15, 0.2) is 0 Å². The summed E-state index contributed by atoms with van der Waals surface area (Å²) < 4.78 is 40.7. The fourth-order valence-electron chi connectivity index (χ4n) is 3.29. The molecule has 0 unspecified atom stereocenters. The minimum absolute atomic E-state index is 0.111. The number of benzene rings is 1. The largest absolute Gasteiger partial charge is 0.478 e. The molecule has 1 aromatic heterocycles. The average Bonchev–Trinajstić information content (AvgIpc) is 2.85. The van der Waals surface area contributed by atoms with Crippen LogP contribution in [0.25, 0.3) is 0 Å². The number of carbonyl (C=O) groups excluding carboxylic acids is 1. The summed E-state index contributed by atoms with van der Waals surface area (Å²) >= 11 is 5.73. The zero-order valence-electron chi connectivity index (χ0n) is 19.1. The third-order valence-corrected chi connectivity index (χ3v) is 5.56. The molecule has 0 saturated carbocycles. The number of alkyl halides is 2. The van der Waals surface area contributed by atoms with Crippen molar-refractivity contribution in [2.24, 2.45) is 0 Å². The Hall–Kier alpha value is -3.44. The Bertz CT molecular complexity index is 1070. The molecule has 0 aliphatic carbocycles. The lowest BCUT2D eigenvalue weighted by Crippen LogP contribution is -2.48. The van der Waals surface area contributed by atoms with Gasteiger partial charge in [0.1, 0.15) is 18.2 Å². The van der Waals surface area contributed by atoms with Crippen LogP contribution in [-0.4, -0.2) is 63.2 Å². The molecule has 1 aromatic carbocycles. The van der Waals surface area contributed by atoms with Gasteiger partial charge in [-0.25, -0.2) is 22.8 Å². The second-order valence-corrected chi connectivity index (χ2v) is 8.38. The standard InChI is InChI=1S/C20H21ClF3N3O.C4H4O4/c21-17-9-15(2-4-18(17)23)19(28)27-7-5-20(24,6-8-27)13-25-12-16-3-1-14(10-22)11-26-16;5-3(6)1-2-4(7)8/h1-4,9,11,25H,5-8,10,12-13H2;1-2H,(H,5,6)(H,7,8)/b;2-1+. The van der Waals surface area contributed by atoms with E-state index < -0.39 is 30.1 Å². The van der Waals surface area contributed by atoms with Gasteiger partial charge in [-0.1, -0.05) is 17.7 Å². The highest BCUT2D eigenvalue weighted by molar-refractivity contribution is 6.31. The second-order valence-electron chi connectivity index (χ2n) is 7.98. The Balaban J connectivity index is 0.000000493. The lowest BCUT2D eigenvalue weighted by Gasteiger charge is -2.36. The highest BCUT2D eigenvalue weighted by atomic mass is 35.5. The van der Waals surface area contributed by atoms with E-state index in [1.807, 2.05) is 0 Å². The van der Waals surface area contributed by atoms with Crippen molar-refractivity contribution in [1.29, 1.82) is 0 Å². The van der Waals surface area contributed by atoms with Gasteiger partial charge in [-0.05, 0) is 24.3 Å². The number of pyridine rings is 1. The Morgan fingerprint density at radius 3 is 2.25 bits per heavy atom. The smallest absolute Gasteiger partial charge is 0.328 e. The molecule has 1 fully saturated rings. The number of hydrogen-bond donors (Lipinski definition) is 3. The summed E-state index contributed by atoms with van der Waals surface area (Å²) in [5.74, 6) is -3.38. The van der Waals surface area contributed by atoms with Crippen LogP contribution in [0.15, 0.2) is 48.7 Å². The molecule has 2 heterocycles. The van der Waals surface area contributed by atoms with E-state index >= 15 is 4.39 Å². The fourth-order valence-corrected chi connectivity index (χ4v) is 3.48. The first-order chi connectivity index (χ1) is 17.0. The van der Waals surface area contributed by atoms with Gasteiger partial charge in [0.05, 0.1) is 10.7 Å². The summed E-state index contributed by atoms with van der Waals surface area (Å²) in [5, 5.41) is 18.6. The number of likely N-dealkylation sites (tertiary alicyclic amines) is 1. The molecule has 1 aliphatic heterocycles. The number of hydrogen-bond acceptors (Lipinski definition) is 5. The third-order valence-electron chi connectivity index (χ3n) is 5.27. The van der Waals surface area contributed by atoms with Crippen molar-refractivity contribution < 1.29 is 37.8 Å². The summed E-state index contributed by atoms with van der Waals surface area (Å²) in [6.07, 6.45) is 2.99. The normalized spacial score (nSPS) is 14.7. The molecule has 194 valence electrons. The van der Waals surface area contributed by atoms with Gasteiger partial charge in [0.25, 0.3) is 5.91 Å². The summed E-state index contributed by atoms with van der Waals surface area (Å²) in [6, 6.07) is 7.18. The van der Waals surface area contributed by atoms with E-state index in [0.717, 1.165) is 6.07 Å². The molecular weight excluding hydrogens is 503 g/mol. The Morgan fingerprint density at radius 1 is 1.11 bits per heavy atom. The maximum atomic E-state index is 15.0. The van der Waals surface area contributed by atoms with E-state index in [4.69, 9.17) is 21.8 Å². The van der Waals surface area contributed by atoms with Crippen LogP contribution in [0.5, 0.6) is 0 Å². The quantitative estimate of drug-likeness (QED) is 0.447. The van der Waals surface area contributed by atoms with Crippen LogP contribution >= 0.6 is 11.6 Å². The number of carboxylic acid groups (broad SMARTS) is 2. The number of amides is 1. The summed E-state index contributed by atoms with van der Waals surface area (Å²) in [6.45, 7) is 0.511. The third kappa shape index (κ3) is 9.31. The number of carboxylic acids is 2. The average molecular weight is 528 g/mol. The van der Waals surface area contributed by atoms with Crippen molar-refractivity contribution in [2.45, 2.75) is 31.7 Å². The molecule has 0 atom stereocenters. The summed E-state index contributed by atoms with van der Waals surface area (Å²) in [4.78, 5) is 37.3. The van der Waals surface area contributed by atoms with Gasteiger partial charge in [0, 0.05) is 68.5 Å². The monoisotopic (exact) mass is 527 g/mol. The van der Waals surface area contributed by atoms with Crippen LogP contribution in [0.4, 0.5) is 13.2 Å². The van der Waals surface area contributed by atoms with Crippen molar-refractivity contribution >= 4 is 29.4 Å². The predicted octanol–water partition coefficient (Wildman–Crippen LogP) is 3.79. The van der Waals surface area contributed by atoms with Crippen LogP contribution in [0.3, 0.4) is 0 Å². The van der Waals surface area contributed by atoms with Gasteiger partial charge < -0.3 is 20.4 Å². The molecule has 3 rings (SSSR count). The highest BCUT2D eigenvalue weighted by Crippen LogP contribution is 2.27. The molecule has 12 heteroatoms. The Morgan fingerprint density at radius 2 is 1.75 bits per heavy atom. The molecule has 0 spiro atoms. The predicted molar refractivity (Wildman–Crippen MR) is 126 cm³/mol. The van der Waals surface area contributed by atoms with Crippen LogP contribution in [0.1, 0.15) is 34.5 Å². The molecular formula is C24H25ClF3N3O5. The lowest BCUT2D eigenvalue weighted by molar-refractivity contribution is -0.134. The van der Waals surface area contributed by atoms with Gasteiger partial charge >= 0.3 is 11.9 Å². The zero-order chi connectivity index (χ0) is 26.7. The van der Waals surface area contributed by atoms with Gasteiger partial charge in [-0.15, -0.1) is 0 Å². The first-order valence-electron chi connectivity index (χ1n) is 10.8. The SMILES string of the molecule is O=C(O)/C=C/C(=O)O.O=C(c1ccc(F)c(Cl)c1)N1CCC(F)(CNCc2ccc(CF)cn2)CC1. The van der Waals surface area contributed by atoms with Crippen LogP contribution in [-0.2, 0) is 22.8 Å². The Labute approximate surface area is 210 Å². The molecule has 1 aliphatic rings. The van der Waals surface area contributed by atoms with Gasteiger partial charge in [-0.3, -0.25) is 9.78 Å².